The molecule has 3 rings (SSSR count). The highest BCUT2D eigenvalue weighted by atomic mass is 35.5. The first-order chi connectivity index (χ1) is 11.6. The third kappa shape index (κ3) is 6.16. The largest absolute Gasteiger partial charge is 0.310 e. The van der Waals surface area contributed by atoms with Crippen LogP contribution in [0, 0.1) is 17.1 Å². The lowest BCUT2D eigenvalue weighted by Gasteiger charge is -2.12. The molecule has 5 heteroatoms. The normalized spacial score (nSPS) is 13.9. The van der Waals surface area contributed by atoms with E-state index in [1.54, 1.807) is 12.1 Å². The van der Waals surface area contributed by atoms with Gasteiger partial charge in [-0.05, 0) is 49.2 Å². The Morgan fingerprint density at radius 2 is 1.83 bits per heavy atom. The predicted molar refractivity (Wildman–Crippen MR) is 98.9 cm³/mol. The van der Waals surface area contributed by atoms with E-state index in [4.69, 9.17) is 16.9 Å². The second-order valence-electron chi connectivity index (χ2n) is 5.76. The number of rotatable bonds is 3. The standard InChI is InChI=1S/C13H15FN2.C6H5ClS/c14-13-7-10(8-15)5-6-11(13)9-16-12-3-1-2-4-12;7-5-1-3-6(8)4-2-5/h5-7,12,16H,1-4,9H2;1-4,8H. The smallest absolute Gasteiger partial charge is 0.129 e. The number of nitriles is 1. The minimum absolute atomic E-state index is 0.287. The van der Waals surface area contributed by atoms with E-state index in [2.05, 4.69) is 17.9 Å². The van der Waals surface area contributed by atoms with Crippen LogP contribution >= 0.6 is 24.2 Å². The predicted octanol–water partition coefficient (Wildman–Crippen LogP) is 5.36. The van der Waals surface area contributed by atoms with Crippen LogP contribution in [0.25, 0.3) is 0 Å². The summed E-state index contributed by atoms with van der Waals surface area (Å²) in [7, 11) is 0. The van der Waals surface area contributed by atoms with Crippen LogP contribution in [0.4, 0.5) is 4.39 Å². The fourth-order valence-electron chi connectivity index (χ4n) is 2.59. The van der Waals surface area contributed by atoms with Crippen molar-refractivity contribution < 1.29 is 4.39 Å². The first-order valence-corrected chi connectivity index (χ1v) is 8.77. The van der Waals surface area contributed by atoms with Gasteiger partial charge in [0.2, 0.25) is 0 Å². The molecule has 0 atom stereocenters. The number of benzene rings is 2. The summed E-state index contributed by atoms with van der Waals surface area (Å²) in [6.45, 7) is 0.558. The van der Waals surface area contributed by atoms with Gasteiger partial charge in [-0.2, -0.15) is 5.26 Å². The Morgan fingerprint density at radius 1 is 1.17 bits per heavy atom. The number of thiol groups is 1. The highest BCUT2D eigenvalue weighted by Crippen LogP contribution is 2.18. The average molecular weight is 363 g/mol. The molecule has 1 saturated carbocycles. The van der Waals surface area contributed by atoms with E-state index in [1.807, 2.05) is 30.3 Å². The number of hydrogen-bond acceptors (Lipinski definition) is 3. The van der Waals surface area contributed by atoms with Crippen LogP contribution in [-0.2, 0) is 6.54 Å². The zero-order valence-corrected chi connectivity index (χ0v) is 15.0. The highest BCUT2D eigenvalue weighted by Gasteiger charge is 2.14. The first kappa shape index (κ1) is 18.8. The van der Waals surface area contributed by atoms with Gasteiger partial charge >= 0.3 is 0 Å². The fraction of sp³-hybridized carbons (Fsp3) is 0.316. The fourth-order valence-corrected chi connectivity index (χ4v) is 2.86. The van der Waals surface area contributed by atoms with Crippen molar-refractivity contribution in [1.29, 1.82) is 5.26 Å². The molecule has 1 fully saturated rings. The molecule has 0 aliphatic heterocycles. The molecule has 0 saturated heterocycles. The minimum Gasteiger partial charge on any atom is -0.310 e. The summed E-state index contributed by atoms with van der Waals surface area (Å²) in [5, 5.41) is 12.7. The summed E-state index contributed by atoms with van der Waals surface area (Å²) in [6, 6.07) is 14.4. The van der Waals surface area contributed by atoms with Gasteiger partial charge in [-0.25, -0.2) is 4.39 Å². The molecule has 2 aromatic rings. The maximum atomic E-state index is 13.5. The molecule has 0 radical (unpaired) electrons. The second kappa shape index (κ2) is 9.68. The van der Waals surface area contributed by atoms with Crippen molar-refractivity contribution in [1.82, 2.24) is 5.32 Å². The van der Waals surface area contributed by atoms with Crippen LogP contribution in [0.15, 0.2) is 47.4 Å². The molecule has 1 N–H and O–H groups in total. The molecule has 0 bridgehead atoms. The zero-order valence-electron chi connectivity index (χ0n) is 13.3. The van der Waals surface area contributed by atoms with E-state index in [9.17, 15) is 4.39 Å². The number of halogens is 2. The Balaban J connectivity index is 0.000000219. The van der Waals surface area contributed by atoms with E-state index in [0.717, 1.165) is 9.92 Å². The van der Waals surface area contributed by atoms with Gasteiger partial charge < -0.3 is 5.32 Å². The molecule has 0 amide bonds. The Kier molecular flexibility index (Phi) is 7.58. The topological polar surface area (TPSA) is 35.8 Å². The van der Waals surface area contributed by atoms with Crippen LogP contribution < -0.4 is 5.32 Å². The van der Waals surface area contributed by atoms with Crippen molar-refractivity contribution in [3.8, 4) is 6.07 Å². The Labute approximate surface area is 153 Å². The summed E-state index contributed by atoms with van der Waals surface area (Å²) in [4.78, 5) is 0.939. The van der Waals surface area contributed by atoms with E-state index < -0.39 is 0 Å². The molecule has 24 heavy (non-hydrogen) atoms. The summed E-state index contributed by atoms with van der Waals surface area (Å²) in [5.41, 5.74) is 1.02. The van der Waals surface area contributed by atoms with Crippen molar-refractivity contribution in [3.63, 3.8) is 0 Å². The number of hydrogen-bond donors (Lipinski definition) is 2. The lowest BCUT2D eigenvalue weighted by atomic mass is 10.1. The molecular weight excluding hydrogens is 343 g/mol. The maximum absolute atomic E-state index is 13.5. The number of nitrogens with zero attached hydrogens (tertiary/aromatic N) is 1. The van der Waals surface area contributed by atoms with Crippen molar-refractivity contribution in [3.05, 3.63) is 64.4 Å². The average Bonchev–Trinajstić information content (AvgIpc) is 3.10. The summed E-state index contributed by atoms with van der Waals surface area (Å²) in [5.74, 6) is -0.287. The van der Waals surface area contributed by atoms with E-state index in [0.29, 0.717) is 23.7 Å². The van der Waals surface area contributed by atoms with Gasteiger partial charge in [0, 0.05) is 28.1 Å². The van der Waals surface area contributed by atoms with Gasteiger partial charge in [0.05, 0.1) is 11.6 Å². The van der Waals surface area contributed by atoms with Crippen LogP contribution in [-0.4, -0.2) is 6.04 Å². The second-order valence-corrected chi connectivity index (χ2v) is 6.71. The molecule has 0 unspecified atom stereocenters. The zero-order chi connectivity index (χ0) is 17.4. The first-order valence-electron chi connectivity index (χ1n) is 7.95. The van der Waals surface area contributed by atoms with Crippen molar-refractivity contribution >= 4 is 24.2 Å². The van der Waals surface area contributed by atoms with E-state index in [1.165, 1.54) is 31.7 Å². The van der Waals surface area contributed by atoms with E-state index >= 15 is 0 Å². The van der Waals surface area contributed by atoms with Gasteiger partial charge in [-0.3, -0.25) is 0 Å². The van der Waals surface area contributed by atoms with Gasteiger partial charge in [0.25, 0.3) is 0 Å². The molecule has 1 aliphatic rings. The molecular formula is C19H20ClFN2S. The Morgan fingerprint density at radius 3 is 2.38 bits per heavy atom. The van der Waals surface area contributed by atoms with Crippen LogP contribution in [0.3, 0.4) is 0 Å². The molecule has 0 spiro atoms. The number of nitrogens with one attached hydrogen (secondary N) is 1. The van der Waals surface area contributed by atoms with Gasteiger partial charge in [-0.1, -0.05) is 30.5 Å². The summed E-state index contributed by atoms with van der Waals surface area (Å²) >= 11 is 9.65. The van der Waals surface area contributed by atoms with Crippen LogP contribution in [0.2, 0.25) is 5.02 Å². The SMILES string of the molecule is N#Cc1ccc(CNC2CCCC2)c(F)c1.Sc1ccc(Cl)cc1. The van der Waals surface area contributed by atoms with E-state index in [-0.39, 0.29) is 5.82 Å². The van der Waals surface area contributed by atoms with Crippen molar-refractivity contribution in [2.45, 2.75) is 43.2 Å². The van der Waals surface area contributed by atoms with Crippen molar-refractivity contribution in [2.75, 3.05) is 0 Å². The van der Waals surface area contributed by atoms with Gasteiger partial charge in [-0.15, -0.1) is 12.6 Å². The quantitative estimate of drug-likeness (QED) is 0.721. The molecule has 2 nitrogen and oxygen atoms in total. The van der Waals surface area contributed by atoms with Crippen LogP contribution in [0.1, 0.15) is 36.8 Å². The lowest BCUT2D eigenvalue weighted by Crippen LogP contribution is -2.25. The molecule has 1 aliphatic carbocycles. The third-order valence-electron chi connectivity index (χ3n) is 3.95. The lowest BCUT2D eigenvalue weighted by molar-refractivity contribution is 0.509. The molecule has 126 valence electrons. The maximum Gasteiger partial charge on any atom is 0.129 e. The Bertz CT molecular complexity index is 671. The van der Waals surface area contributed by atoms with Crippen LogP contribution in [0.5, 0.6) is 0 Å². The summed E-state index contributed by atoms with van der Waals surface area (Å²) in [6.07, 6.45) is 4.93. The monoisotopic (exact) mass is 362 g/mol. The van der Waals surface area contributed by atoms with Crippen molar-refractivity contribution in [2.24, 2.45) is 0 Å². The molecule has 2 aromatic carbocycles. The highest BCUT2D eigenvalue weighted by molar-refractivity contribution is 7.80. The van der Waals surface area contributed by atoms with Gasteiger partial charge in [0.1, 0.15) is 5.82 Å². The third-order valence-corrected chi connectivity index (χ3v) is 4.50. The minimum atomic E-state index is -0.287. The Hall–Kier alpha value is -1.54. The summed E-state index contributed by atoms with van der Waals surface area (Å²) < 4.78 is 13.5. The molecule has 0 aromatic heterocycles. The molecule has 0 heterocycles. The van der Waals surface area contributed by atoms with Gasteiger partial charge in [0.15, 0.2) is 0 Å².